The Kier molecular flexibility index (Phi) is 3.39. The van der Waals surface area contributed by atoms with Crippen molar-refractivity contribution in [2.75, 3.05) is 5.32 Å². The Bertz CT molecular complexity index is 428. The SMILES string of the molecule is O=C1CC[C@H](C(=O)Nc2ccc(CO)cc2)N1. The van der Waals surface area contributed by atoms with Crippen LogP contribution in [-0.2, 0) is 16.2 Å². The Morgan fingerprint density at radius 3 is 2.65 bits per heavy atom. The zero-order valence-corrected chi connectivity index (χ0v) is 9.27. The largest absolute Gasteiger partial charge is 0.392 e. The average Bonchev–Trinajstić information content (AvgIpc) is 2.77. The molecule has 0 radical (unpaired) electrons. The molecule has 2 amide bonds. The number of benzene rings is 1. The van der Waals surface area contributed by atoms with Gasteiger partial charge in [0, 0.05) is 12.1 Å². The van der Waals surface area contributed by atoms with Gasteiger partial charge in [0.1, 0.15) is 6.04 Å². The lowest BCUT2D eigenvalue weighted by Crippen LogP contribution is -2.37. The molecular weight excluding hydrogens is 220 g/mol. The standard InChI is InChI=1S/C12H14N2O3/c15-7-8-1-3-9(4-2-8)13-12(17)10-5-6-11(16)14-10/h1-4,10,15H,5-7H2,(H,13,17)(H,14,16)/t10-/m1/s1. The van der Waals surface area contributed by atoms with Crippen LogP contribution in [0.15, 0.2) is 24.3 Å². The number of carbonyl (C=O) groups excluding carboxylic acids is 2. The van der Waals surface area contributed by atoms with Gasteiger partial charge in [0.15, 0.2) is 0 Å². The molecule has 3 N–H and O–H groups in total. The van der Waals surface area contributed by atoms with Crippen LogP contribution in [0.5, 0.6) is 0 Å². The van der Waals surface area contributed by atoms with Gasteiger partial charge in [-0.3, -0.25) is 9.59 Å². The minimum absolute atomic E-state index is 0.0209. The molecule has 2 rings (SSSR count). The van der Waals surface area contributed by atoms with Crippen molar-refractivity contribution in [1.29, 1.82) is 0 Å². The van der Waals surface area contributed by atoms with Crippen LogP contribution < -0.4 is 10.6 Å². The monoisotopic (exact) mass is 234 g/mol. The summed E-state index contributed by atoms with van der Waals surface area (Å²) in [6.07, 6.45) is 0.945. The number of nitrogens with one attached hydrogen (secondary N) is 2. The summed E-state index contributed by atoms with van der Waals surface area (Å²) in [5.41, 5.74) is 1.45. The Morgan fingerprint density at radius 2 is 2.12 bits per heavy atom. The highest BCUT2D eigenvalue weighted by molar-refractivity contribution is 5.98. The molecule has 0 spiro atoms. The minimum atomic E-state index is -0.431. The number of hydrogen-bond acceptors (Lipinski definition) is 3. The molecule has 5 heteroatoms. The van der Waals surface area contributed by atoms with E-state index in [9.17, 15) is 9.59 Å². The summed E-state index contributed by atoms with van der Waals surface area (Å²) in [4.78, 5) is 22.7. The molecule has 5 nitrogen and oxygen atoms in total. The molecule has 1 saturated heterocycles. The normalized spacial score (nSPS) is 18.9. The first-order chi connectivity index (χ1) is 8.19. The van der Waals surface area contributed by atoms with Crippen molar-refractivity contribution >= 4 is 17.5 Å². The van der Waals surface area contributed by atoms with Crippen molar-refractivity contribution in [3.8, 4) is 0 Å². The van der Waals surface area contributed by atoms with Gasteiger partial charge < -0.3 is 15.7 Å². The molecule has 0 aliphatic carbocycles. The van der Waals surface area contributed by atoms with E-state index in [1.165, 1.54) is 0 Å². The molecule has 1 aromatic rings. The number of aliphatic hydroxyl groups excluding tert-OH is 1. The Hall–Kier alpha value is -1.88. The van der Waals surface area contributed by atoms with Crippen LogP contribution in [0.1, 0.15) is 18.4 Å². The van der Waals surface area contributed by atoms with Crippen molar-refractivity contribution in [1.82, 2.24) is 5.32 Å². The van der Waals surface area contributed by atoms with E-state index in [1.54, 1.807) is 24.3 Å². The summed E-state index contributed by atoms with van der Waals surface area (Å²) in [6.45, 7) is -0.0209. The van der Waals surface area contributed by atoms with E-state index < -0.39 is 6.04 Å². The van der Waals surface area contributed by atoms with Crippen LogP contribution in [0.2, 0.25) is 0 Å². The summed E-state index contributed by atoms with van der Waals surface area (Å²) in [7, 11) is 0. The quantitative estimate of drug-likeness (QED) is 0.708. The third-order valence-electron chi connectivity index (χ3n) is 2.72. The molecule has 1 aliphatic rings. The van der Waals surface area contributed by atoms with Crippen LogP contribution in [0.3, 0.4) is 0 Å². The zero-order valence-electron chi connectivity index (χ0n) is 9.27. The molecule has 17 heavy (non-hydrogen) atoms. The average molecular weight is 234 g/mol. The number of hydrogen-bond donors (Lipinski definition) is 3. The van der Waals surface area contributed by atoms with Gasteiger partial charge in [-0.1, -0.05) is 12.1 Å². The van der Waals surface area contributed by atoms with E-state index in [-0.39, 0.29) is 18.4 Å². The highest BCUT2D eigenvalue weighted by Gasteiger charge is 2.26. The first kappa shape index (κ1) is 11.6. The predicted molar refractivity (Wildman–Crippen MR) is 62.2 cm³/mol. The third kappa shape index (κ3) is 2.82. The molecule has 90 valence electrons. The number of amides is 2. The molecule has 1 atom stereocenters. The third-order valence-corrected chi connectivity index (χ3v) is 2.72. The topological polar surface area (TPSA) is 78.4 Å². The highest BCUT2D eigenvalue weighted by atomic mass is 16.3. The molecule has 1 aromatic carbocycles. The number of carbonyl (C=O) groups is 2. The van der Waals surface area contributed by atoms with Gasteiger partial charge in [-0.15, -0.1) is 0 Å². The lowest BCUT2D eigenvalue weighted by molar-refractivity contribution is -0.122. The van der Waals surface area contributed by atoms with Crippen LogP contribution in [0.25, 0.3) is 0 Å². The van der Waals surface area contributed by atoms with Gasteiger partial charge in [0.05, 0.1) is 6.61 Å². The molecular formula is C12H14N2O3. The number of rotatable bonds is 3. The maximum Gasteiger partial charge on any atom is 0.246 e. The lowest BCUT2D eigenvalue weighted by atomic mass is 10.2. The summed E-state index contributed by atoms with van der Waals surface area (Å²) >= 11 is 0. The van der Waals surface area contributed by atoms with Gasteiger partial charge >= 0.3 is 0 Å². The van der Waals surface area contributed by atoms with Crippen LogP contribution in [-0.4, -0.2) is 23.0 Å². The van der Waals surface area contributed by atoms with E-state index in [0.29, 0.717) is 18.5 Å². The Labute approximate surface area is 98.8 Å². The molecule has 1 fully saturated rings. The van der Waals surface area contributed by atoms with E-state index in [1.807, 2.05) is 0 Å². The van der Waals surface area contributed by atoms with Crippen LogP contribution in [0, 0.1) is 0 Å². The van der Waals surface area contributed by atoms with Gasteiger partial charge in [-0.25, -0.2) is 0 Å². The van der Waals surface area contributed by atoms with Gasteiger partial charge in [-0.05, 0) is 24.1 Å². The first-order valence-corrected chi connectivity index (χ1v) is 5.49. The fraction of sp³-hybridized carbons (Fsp3) is 0.333. The Balaban J connectivity index is 1.95. The zero-order chi connectivity index (χ0) is 12.3. The van der Waals surface area contributed by atoms with Crippen molar-refractivity contribution in [2.45, 2.75) is 25.5 Å². The fourth-order valence-electron chi connectivity index (χ4n) is 1.73. The second-order valence-electron chi connectivity index (χ2n) is 4.00. The molecule has 1 aliphatic heterocycles. The number of aliphatic hydroxyl groups is 1. The molecule has 0 unspecified atom stereocenters. The fourth-order valence-corrected chi connectivity index (χ4v) is 1.73. The van der Waals surface area contributed by atoms with E-state index in [4.69, 9.17) is 5.11 Å². The van der Waals surface area contributed by atoms with Crippen molar-refractivity contribution in [2.24, 2.45) is 0 Å². The van der Waals surface area contributed by atoms with Crippen molar-refractivity contribution in [3.63, 3.8) is 0 Å². The maximum absolute atomic E-state index is 11.7. The smallest absolute Gasteiger partial charge is 0.246 e. The molecule has 0 bridgehead atoms. The van der Waals surface area contributed by atoms with Crippen molar-refractivity contribution in [3.05, 3.63) is 29.8 Å². The van der Waals surface area contributed by atoms with E-state index in [2.05, 4.69) is 10.6 Å². The van der Waals surface area contributed by atoms with E-state index >= 15 is 0 Å². The highest BCUT2D eigenvalue weighted by Crippen LogP contribution is 2.12. The van der Waals surface area contributed by atoms with Crippen LogP contribution >= 0.6 is 0 Å². The summed E-state index contributed by atoms with van der Waals surface area (Å²) in [6, 6.07) is 6.49. The predicted octanol–water partition coefficient (Wildman–Crippen LogP) is 0.396. The van der Waals surface area contributed by atoms with Gasteiger partial charge in [0.2, 0.25) is 11.8 Å². The second kappa shape index (κ2) is 4.97. The second-order valence-corrected chi connectivity index (χ2v) is 4.00. The summed E-state index contributed by atoms with van der Waals surface area (Å²) < 4.78 is 0. The van der Waals surface area contributed by atoms with E-state index in [0.717, 1.165) is 5.56 Å². The summed E-state index contributed by atoms with van der Waals surface area (Å²) in [5.74, 6) is -0.284. The van der Waals surface area contributed by atoms with Gasteiger partial charge in [0.25, 0.3) is 0 Å². The minimum Gasteiger partial charge on any atom is -0.392 e. The van der Waals surface area contributed by atoms with Crippen LogP contribution in [0.4, 0.5) is 5.69 Å². The molecule has 0 saturated carbocycles. The lowest BCUT2D eigenvalue weighted by Gasteiger charge is -2.11. The molecule has 0 aromatic heterocycles. The summed E-state index contributed by atoms with van der Waals surface area (Å²) in [5, 5.41) is 14.2. The first-order valence-electron chi connectivity index (χ1n) is 5.49. The maximum atomic E-state index is 11.7. The number of anilines is 1. The Morgan fingerprint density at radius 1 is 1.41 bits per heavy atom. The van der Waals surface area contributed by atoms with Crippen molar-refractivity contribution < 1.29 is 14.7 Å². The molecule has 1 heterocycles. The van der Waals surface area contributed by atoms with Gasteiger partial charge in [-0.2, -0.15) is 0 Å².